The Hall–Kier alpha value is -5.45. The molecule has 0 saturated carbocycles. The Morgan fingerprint density at radius 2 is 1.65 bits per heavy atom. The van der Waals surface area contributed by atoms with Gasteiger partial charge in [0.2, 0.25) is 0 Å². The average molecular weight is 541 g/mol. The second kappa shape index (κ2) is 11.9. The summed E-state index contributed by atoms with van der Waals surface area (Å²) < 4.78 is 8.24. The Morgan fingerprint density at radius 1 is 0.950 bits per heavy atom. The number of aromatic nitrogens is 2. The zero-order valence-electron chi connectivity index (χ0n) is 22.4. The first kappa shape index (κ1) is 27.6. The lowest BCUT2D eigenvalue weighted by atomic mass is 10.2. The lowest BCUT2D eigenvalue weighted by Gasteiger charge is -2.07. The Morgan fingerprint density at radius 3 is 2.30 bits per heavy atom. The maximum Gasteiger partial charge on any atom is 0.295 e. The van der Waals surface area contributed by atoms with Crippen LogP contribution in [0.4, 0.5) is 17.1 Å². The minimum Gasteiger partial charge on any atom is -0.510 e. The molecule has 0 atom stereocenters. The minimum atomic E-state index is -0.669. The van der Waals surface area contributed by atoms with Crippen LogP contribution in [0, 0.1) is 6.92 Å². The molecule has 0 spiro atoms. The summed E-state index contributed by atoms with van der Waals surface area (Å²) in [6.07, 6.45) is 0. The number of hydrogen-bond donors (Lipinski definition) is 3. The van der Waals surface area contributed by atoms with Gasteiger partial charge in [-0.25, -0.2) is 4.68 Å². The first-order chi connectivity index (χ1) is 19.2. The lowest BCUT2D eigenvalue weighted by Crippen LogP contribution is -2.22. The predicted octanol–water partition coefficient (Wildman–Crippen LogP) is 5.26. The van der Waals surface area contributed by atoms with Crippen LogP contribution in [-0.4, -0.2) is 33.4 Å². The van der Waals surface area contributed by atoms with Crippen LogP contribution in [0.3, 0.4) is 0 Å². The number of allylic oxidation sites excluding steroid dienone is 1. The summed E-state index contributed by atoms with van der Waals surface area (Å²) in [5, 5.41) is 23.3. The largest absolute Gasteiger partial charge is 0.510 e. The summed E-state index contributed by atoms with van der Waals surface area (Å²) in [5.74, 6) is -0.899. The van der Waals surface area contributed by atoms with Crippen molar-refractivity contribution in [3.05, 3.63) is 112 Å². The summed E-state index contributed by atoms with van der Waals surface area (Å²) in [6, 6.07) is 21.9. The van der Waals surface area contributed by atoms with E-state index in [-0.39, 0.29) is 34.0 Å². The van der Waals surface area contributed by atoms with E-state index in [2.05, 4.69) is 20.9 Å². The second-order valence-corrected chi connectivity index (χ2v) is 8.76. The quantitative estimate of drug-likeness (QED) is 0.159. The van der Waals surface area contributed by atoms with Crippen molar-refractivity contribution in [3.63, 3.8) is 0 Å². The standard InChI is InChI=1S/C29H28N6O5/c1-18-25(29(39)35(34(18)3)23-11-6-5-7-12-23)31-27(37)20-9-8-10-22(17-20)32-33-26(19(2)36)28(38)30-21-13-15-24(40-4)16-14-21/h5-17,36H,1-4H3,(H,30,38)(H,31,37). The maximum absolute atomic E-state index is 13.1. The highest BCUT2D eigenvalue weighted by atomic mass is 16.5. The summed E-state index contributed by atoms with van der Waals surface area (Å²) >= 11 is 0. The van der Waals surface area contributed by atoms with E-state index >= 15 is 0 Å². The molecular formula is C29H28N6O5. The van der Waals surface area contributed by atoms with Crippen LogP contribution in [0.15, 0.2) is 105 Å². The number of carbonyl (C=O) groups excluding carboxylic acids is 2. The van der Waals surface area contributed by atoms with E-state index in [1.165, 1.54) is 24.8 Å². The number of methoxy groups -OCH3 is 1. The van der Waals surface area contributed by atoms with Gasteiger partial charge in [-0.05, 0) is 68.4 Å². The number of carbonyl (C=O) groups is 2. The van der Waals surface area contributed by atoms with Gasteiger partial charge in [0.25, 0.3) is 17.4 Å². The van der Waals surface area contributed by atoms with Crippen molar-refractivity contribution in [1.82, 2.24) is 9.36 Å². The SMILES string of the molecule is COc1ccc(NC(=O)C(N=Nc2cccc(C(=O)Nc3c(C)n(C)n(-c4ccccc4)c3=O)c2)=C(C)O)cc1. The van der Waals surface area contributed by atoms with Crippen LogP contribution in [0.5, 0.6) is 5.75 Å². The fourth-order valence-corrected chi connectivity index (χ4v) is 3.86. The minimum absolute atomic E-state index is 0.153. The molecule has 0 saturated heterocycles. The zero-order chi connectivity index (χ0) is 28.8. The van der Waals surface area contributed by atoms with Crippen LogP contribution < -0.4 is 20.9 Å². The van der Waals surface area contributed by atoms with Gasteiger partial charge in [-0.3, -0.25) is 19.1 Å². The third-order valence-corrected chi connectivity index (χ3v) is 6.07. The number of para-hydroxylation sites is 1. The normalized spacial score (nSPS) is 11.7. The number of rotatable bonds is 8. The van der Waals surface area contributed by atoms with E-state index in [1.807, 2.05) is 18.2 Å². The van der Waals surface area contributed by atoms with E-state index < -0.39 is 11.8 Å². The van der Waals surface area contributed by atoms with Gasteiger partial charge in [0.05, 0.1) is 24.2 Å². The molecule has 204 valence electrons. The number of nitrogens with one attached hydrogen (secondary N) is 2. The van der Waals surface area contributed by atoms with Crippen LogP contribution in [0.2, 0.25) is 0 Å². The molecule has 40 heavy (non-hydrogen) atoms. The highest BCUT2D eigenvalue weighted by Gasteiger charge is 2.19. The van der Waals surface area contributed by atoms with Gasteiger partial charge in [-0.15, -0.1) is 5.11 Å². The van der Waals surface area contributed by atoms with Gasteiger partial charge in [-0.2, -0.15) is 5.11 Å². The number of aliphatic hydroxyl groups excluding tert-OH is 1. The number of aliphatic hydroxyl groups is 1. The smallest absolute Gasteiger partial charge is 0.295 e. The third kappa shape index (κ3) is 5.99. The number of amides is 2. The molecule has 1 aromatic heterocycles. The summed E-state index contributed by atoms with van der Waals surface area (Å²) in [4.78, 5) is 38.9. The van der Waals surface area contributed by atoms with Gasteiger partial charge >= 0.3 is 0 Å². The van der Waals surface area contributed by atoms with Crippen LogP contribution in [-0.2, 0) is 11.8 Å². The molecule has 4 aromatic rings. The van der Waals surface area contributed by atoms with Gasteiger partial charge in [0.1, 0.15) is 17.2 Å². The number of hydrogen-bond acceptors (Lipinski definition) is 7. The molecule has 0 radical (unpaired) electrons. The van der Waals surface area contributed by atoms with Crippen LogP contribution >= 0.6 is 0 Å². The highest BCUT2D eigenvalue weighted by Crippen LogP contribution is 2.21. The Balaban J connectivity index is 1.52. The number of azo groups is 1. The molecule has 0 aliphatic heterocycles. The molecule has 3 aromatic carbocycles. The monoisotopic (exact) mass is 540 g/mol. The lowest BCUT2D eigenvalue weighted by molar-refractivity contribution is -0.113. The zero-order valence-corrected chi connectivity index (χ0v) is 22.4. The summed E-state index contributed by atoms with van der Waals surface area (Å²) in [7, 11) is 3.27. The van der Waals surface area contributed by atoms with Crippen molar-refractivity contribution in [2.24, 2.45) is 17.3 Å². The van der Waals surface area contributed by atoms with Crippen molar-refractivity contribution >= 4 is 28.9 Å². The first-order valence-corrected chi connectivity index (χ1v) is 12.2. The molecule has 0 aliphatic carbocycles. The van der Waals surface area contributed by atoms with Crippen molar-refractivity contribution in [2.75, 3.05) is 17.7 Å². The van der Waals surface area contributed by atoms with E-state index in [9.17, 15) is 19.5 Å². The van der Waals surface area contributed by atoms with Crippen molar-refractivity contribution in [2.45, 2.75) is 13.8 Å². The molecule has 11 nitrogen and oxygen atoms in total. The van der Waals surface area contributed by atoms with Gasteiger partial charge in [0.15, 0.2) is 5.70 Å². The number of ether oxygens (including phenoxy) is 1. The molecule has 3 N–H and O–H groups in total. The molecule has 0 aliphatic rings. The number of anilines is 2. The van der Waals surface area contributed by atoms with Crippen molar-refractivity contribution in [1.29, 1.82) is 0 Å². The van der Waals surface area contributed by atoms with Crippen LogP contribution in [0.25, 0.3) is 5.69 Å². The third-order valence-electron chi connectivity index (χ3n) is 6.07. The predicted molar refractivity (Wildman–Crippen MR) is 152 cm³/mol. The van der Waals surface area contributed by atoms with Gasteiger partial charge in [0, 0.05) is 18.3 Å². The average Bonchev–Trinajstić information content (AvgIpc) is 3.16. The number of benzene rings is 3. The maximum atomic E-state index is 13.1. The second-order valence-electron chi connectivity index (χ2n) is 8.76. The van der Waals surface area contributed by atoms with Crippen LogP contribution in [0.1, 0.15) is 23.0 Å². The fraction of sp³-hybridized carbons (Fsp3) is 0.138. The van der Waals surface area contributed by atoms with E-state index in [0.717, 1.165) is 0 Å². The molecule has 2 amide bonds. The summed E-state index contributed by atoms with van der Waals surface area (Å²) in [5.41, 5.74) is 1.68. The molecule has 1 heterocycles. The fourth-order valence-electron chi connectivity index (χ4n) is 3.86. The van der Waals surface area contributed by atoms with Crippen molar-refractivity contribution < 1.29 is 19.4 Å². The molecule has 4 rings (SSSR count). The molecule has 0 fully saturated rings. The van der Waals surface area contributed by atoms with Crippen molar-refractivity contribution in [3.8, 4) is 11.4 Å². The molecule has 0 unspecified atom stereocenters. The van der Waals surface area contributed by atoms with E-state index in [0.29, 0.717) is 22.8 Å². The van der Waals surface area contributed by atoms with Gasteiger partial charge in [-0.1, -0.05) is 24.3 Å². The topological polar surface area (TPSA) is 139 Å². The number of nitrogens with zero attached hydrogens (tertiary/aromatic N) is 4. The Kier molecular flexibility index (Phi) is 8.24. The summed E-state index contributed by atoms with van der Waals surface area (Å²) in [6.45, 7) is 3.05. The Bertz CT molecular complexity index is 1660. The highest BCUT2D eigenvalue weighted by molar-refractivity contribution is 6.05. The molecular weight excluding hydrogens is 512 g/mol. The molecule has 0 bridgehead atoms. The van der Waals surface area contributed by atoms with E-state index in [4.69, 9.17) is 4.74 Å². The Labute approximate surface area is 230 Å². The van der Waals surface area contributed by atoms with Gasteiger partial charge < -0.3 is 20.5 Å². The first-order valence-electron chi connectivity index (χ1n) is 12.2. The molecule has 11 heteroatoms. The van der Waals surface area contributed by atoms with E-state index in [1.54, 1.807) is 73.3 Å².